The maximum atomic E-state index is 4.67. The van der Waals surface area contributed by atoms with E-state index in [1.165, 1.54) is 19.3 Å². The fourth-order valence-electron chi connectivity index (χ4n) is 2.57. The van der Waals surface area contributed by atoms with Crippen molar-refractivity contribution in [3.8, 4) is 0 Å². The molecular formula is C14H24N4. The summed E-state index contributed by atoms with van der Waals surface area (Å²) in [6.07, 6.45) is 5.55. The van der Waals surface area contributed by atoms with E-state index in [-0.39, 0.29) is 0 Å². The monoisotopic (exact) mass is 248 g/mol. The second kappa shape index (κ2) is 6.14. The van der Waals surface area contributed by atoms with E-state index in [4.69, 9.17) is 0 Å². The second-order valence-corrected chi connectivity index (χ2v) is 5.11. The molecule has 0 amide bonds. The molecule has 1 aromatic heterocycles. The molecule has 1 aromatic rings. The van der Waals surface area contributed by atoms with Gasteiger partial charge in [0.15, 0.2) is 5.82 Å². The minimum absolute atomic E-state index is 0.575. The van der Waals surface area contributed by atoms with Crippen LogP contribution < -0.4 is 10.2 Å². The highest BCUT2D eigenvalue weighted by atomic mass is 15.3. The van der Waals surface area contributed by atoms with Gasteiger partial charge in [0.25, 0.3) is 0 Å². The Balaban J connectivity index is 2.08. The van der Waals surface area contributed by atoms with Crippen molar-refractivity contribution in [3.05, 3.63) is 17.6 Å². The Labute approximate surface area is 110 Å². The molecule has 4 nitrogen and oxygen atoms in total. The van der Waals surface area contributed by atoms with Gasteiger partial charge in [0.2, 0.25) is 0 Å². The minimum atomic E-state index is 0.575. The normalized spacial score (nSPS) is 19.5. The Bertz CT molecular complexity index is 391. The molecular weight excluding hydrogens is 224 g/mol. The largest absolute Gasteiger partial charge is 0.351 e. The van der Waals surface area contributed by atoms with Crippen molar-refractivity contribution < 1.29 is 0 Å². The average molecular weight is 248 g/mol. The van der Waals surface area contributed by atoms with Gasteiger partial charge in [-0.3, -0.25) is 4.98 Å². The number of aromatic nitrogens is 2. The number of hydrogen-bond donors (Lipinski definition) is 1. The van der Waals surface area contributed by atoms with Gasteiger partial charge in [-0.1, -0.05) is 6.92 Å². The van der Waals surface area contributed by atoms with Crippen LogP contribution in [0.3, 0.4) is 0 Å². The second-order valence-electron chi connectivity index (χ2n) is 5.11. The Morgan fingerprint density at radius 2 is 2.28 bits per heavy atom. The summed E-state index contributed by atoms with van der Waals surface area (Å²) in [6.45, 7) is 9.53. The molecule has 4 heteroatoms. The first-order valence-corrected chi connectivity index (χ1v) is 7.00. The third-order valence-corrected chi connectivity index (χ3v) is 3.51. The standard InChI is InChI=1S/C14H24N4/c1-4-7-15-10-13-6-5-8-18(13)14-12(3)16-9-11(2)17-14/h9,13,15H,4-8,10H2,1-3H3. The fraction of sp³-hybridized carbons (Fsp3) is 0.714. The lowest BCUT2D eigenvalue weighted by Crippen LogP contribution is -2.39. The first-order chi connectivity index (χ1) is 8.72. The number of aryl methyl sites for hydroxylation is 2. The number of hydrogen-bond acceptors (Lipinski definition) is 4. The highest BCUT2D eigenvalue weighted by molar-refractivity contribution is 5.45. The molecule has 0 radical (unpaired) electrons. The zero-order valence-electron chi connectivity index (χ0n) is 11.7. The van der Waals surface area contributed by atoms with Crippen molar-refractivity contribution in [3.63, 3.8) is 0 Å². The van der Waals surface area contributed by atoms with Crippen molar-refractivity contribution >= 4 is 5.82 Å². The molecule has 100 valence electrons. The van der Waals surface area contributed by atoms with Gasteiger partial charge >= 0.3 is 0 Å². The van der Waals surface area contributed by atoms with Crippen LogP contribution in [0.5, 0.6) is 0 Å². The quantitative estimate of drug-likeness (QED) is 0.810. The summed E-state index contributed by atoms with van der Waals surface area (Å²) in [5.41, 5.74) is 2.05. The first-order valence-electron chi connectivity index (χ1n) is 7.00. The molecule has 0 aromatic carbocycles. The summed E-state index contributed by atoms with van der Waals surface area (Å²) in [4.78, 5) is 11.5. The van der Waals surface area contributed by atoms with Crippen LogP contribution in [0.25, 0.3) is 0 Å². The van der Waals surface area contributed by atoms with E-state index in [0.717, 1.165) is 36.8 Å². The first kappa shape index (κ1) is 13.3. The van der Waals surface area contributed by atoms with Gasteiger partial charge in [0, 0.05) is 25.3 Å². The summed E-state index contributed by atoms with van der Waals surface area (Å²) in [5.74, 6) is 1.08. The third kappa shape index (κ3) is 2.99. The predicted molar refractivity (Wildman–Crippen MR) is 75.0 cm³/mol. The van der Waals surface area contributed by atoms with Gasteiger partial charge in [-0.25, -0.2) is 4.98 Å². The summed E-state index contributed by atoms with van der Waals surface area (Å²) in [6, 6.07) is 0.575. The summed E-state index contributed by atoms with van der Waals surface area (Å²) in [5, 5.41) is 3.52. The predicted octanol–water partition coefficient (Wildman–Crippen LogP) is 2.06. The van der Waals surface area contributed by atoms with Crippen molar-refractivity contribution in [2.45, 2.75) is 46.1 Å². The molecule has 0 aliphatic carbocycles. The fourth-order valence-corrected chi connectivity index (χ4v) is 2.57. The van der Waals surface area contributed by atoms with Gasteiger partial charge in [0.05, 0.1) is 11.4 Å². The molecule has 1 N–H and O–H groups in total. The molecule has 1 fully saturated rings. The average Bonchev–Trinajstić information content (AvgIpc) is 2.81. The van der Waals surface area contributed by atoms with Crippen LogP contribution in [-0.2, 0) is 0 Å². The van der Waals surface area contributed by atoms with Crippen LogP contribution in [0.1, 0.15) is 37.6 Å². The zero-order valence-corrected chi connectivity index (χ0v) is 11.7. The number of nitrogens with one attached hydrogen (secondary N) is 1. The van der Waals surface area contributed by atoms with Crippen LogP contribution in [0, 0.1) is 13.8 Å². The van der Waals surface area contributed by atoms with Gasteiger partial charge in [-0.2, -0.15) is 0 Å². The van der Waals surface area contributed by atoms with E-state index in [1.807, 2.05) is 13.1 Å². The smallest absolute Gasteiger partial charge is 0.150 e. The zero-order chi connectivity index (χ0) is 13.0. The summed E-state index contributed by atoms with van der Waals surface area (Å²) in [7, 11) is 0. The van der Waals surface area contributed by atoms with Gasteiger partial charge in [0.1, 0.15) is 0 Å². The van der Waals surface area contributed by atoms with E-state index in [2.05, 4.69) is 34.0 Å². The molecule has 0 bridgehead atoms. The summed E-state index contributed by atoms with van der Waals surface area (Å²) < 4.78 is 0. The molecule has 1 aliphatic rings. The maximum Gasteiger partial charge on any atom is 0.150 e. The highest BCUT2D eigenvalue weighted by Gasteiger charge is 2.26. The Kier molecular flexibility index (Phi) is 4.53. The van der Waals surface area contributed by atoms with Crippen molar-refractivity contribution in [1.82, 2.24) is 15.3 Å². The Hall–Kier alpha value is -1.16. The topological polar surface area (TPSA) is 41.0 Å². The SMILES string of the molecule is CCCNCC1CCCN1c1nc(C)cnc1C. The molecule has 1 saturated heterocycles. The molecule has 0 spiro atoms. The minimum Gasteiger partial charge on any atom is -0.351 e. The third-order valence-electron chi connectivity index (χ3n) is 3.51. The molecule has 1 aliphatic heterocycles. The van der Waals surface area contributed by atoms with Gasteiger partial charge < -0.3 is 10.2 Å². The molecule has 2 rings (SSSR count). The molecule has 2 heterocycles. The van der Waals surface area contributed by atoms with Gasteiger partial charge in [-0.15, -0.1) is 0 Å². The van der Waals surface area contributed by atoms with Crippen LogP contribution in [-0.4, -0.2) is 35.6 Å². The molecule has 0 saturated carbocycles. The maximum absolute atomic E-state index is 4.67. The lowest BCUT2D eigenvalue weighted by Gasteiger charge is -2.27. The van der Waals surface area contributed by atoms with Crippen LogP contribution in [0.15, 0.2) is 6.20 Å². The summed E-state index contributed by atoms with van der Waals surface area (Å²) >= 11 is 0. The van der Waals surface area contributed by atoms with Crippen LogP contribution in [0.4, 0.5) is 5.82 Å². The van der Waals surface area contributed by atoms with Crippen LogP contribution in [0.2, 0.25) is 0 Å². The van der Waals surface area contributed by atoms with Crippen LogP contribution >= 0.6 is 0 Å². The molecule has 1 atom stereocenters. The number of anilines is 1. The lowest BCUT2D eigenvalue weighted by molar-refractivity contribution is 0.567. The van der Waals surface area contributed by atoms with E-state index >= 15 is 0 Å². The Morgan fingerprint density at radius 3 is 3.06 bits per heavy atom. The van der Waals surface area contributed by atoms with E-state index in [1.54, 1.807) is 0 Å². The molecule has 18 heavy (non-hydrogen) atoms. The number of nitrogens with zero attached hydrogens (tertiary/aromatic N) is 3. The lowest BCUT2D eigenvalue weighted by atomic mass is 10.2. The number of rotatable bonds is 5. The van der Waals surface area contributed by atoms with Crippen molar-refractivity contribution in [2.24, 2.45) is 0 Å². The highest BCUT2D eigenvalue weighted by Crippen LogP contribution is 2.25. The molecule has 1 unspecified atom stereocenters. The van der Waals surface area contributed by atoms with E-state index in [0.29, 0.717) is 6.04 Å². The Morgan fingerprint density at radius 1 is 1.44 bits per heavy atom. The van der Waals surface area contributed by atoms with Gasteiger partial charge in [-0.05, 0) is 39.7 Å². The van der Waals surface area contributed by atoms with E-state index < -0.39 is 0 Å². The van der Waals surface area contributed by atoms with Crippen molar-refractivity contribution in [1.29, 1.82) is 0 Å². The van der Waals surface area contributed by atoms with Crippen molar-refractivity contribution in [2.75, 3.05) is 24.5 Å². The van der Waals surface area contributed by atoms with E-state index in [9.17, 15) is 0 Å².